The van der Waals surface area contributed by atoms with Gasteiger partial charge in [-0.2, -0.15) is 0 Å². The maximum Gasteiger partial charge on any atom is 0.355 e. The van der Waals surface area contributed by atoms with E-state index in [0.717, 1.165) is 0 Å². The molecule has 1 aromatic rings. The van der Waals surface area contributed by atoms with Gasteiger partial charge in [0.1, 0.15) is 12.4 Å². The number of methoxy groups -OCH3 is 2. The number of anilines is 1. The zero-order chi connectivity index (χ0) is 18.8. The van der Waals surface area contributed by atoms with Gasteiger partial charge in [-0.25, -0.2) is 9.59 Å². The fourth-order valence-corrected chi connectivity index (χ4v) is 2.77. The van der Waals surface area contributed by atoms with Crippen molar-refractivity contribution in [3.8, 4) is 11.5 Å². The van der Waals surface area contributed by atoms with Crippen LogP contribution in [0.3, 0.4) is 0 Å². The Labute approximate surface area is 149 Å². The third kappa shape index (κ3) is 2.97. The van der Waals surface area contributed by atoms with Crippen molar-refractivity contribution in [2.75, 3.05) is 39.3 Å². The molecule has 26 heavy (non-hydrogen) atoms. The Balaban J connectivity index is 2.19. The predicted octanol–water partition coefficient (Wildman–Crippen LogP) is 1.01. The fraction of sp³-hybridized carbons (Fsp3) is 0.353. The average molecular weight is 363 g/mol. The van der Waals surface area contributed by atoms with Gasteiger partial charge in [0, 0.05) is 11.6 Å². The summed E-state index contributed by atoms with van der Waals surface area (Å²) in [5, 5.41) is 0. The Kier molecular flexibility index (Phi) is 4.81. The largest absolute Gasteiger partial charge is 0.466 e. The average Bonchev–Trinajstić information content (AvgIpc) is 3.12. The van der Waals surface area contributed by atoms with Gasteiger partial charge >= 0.3 is 11.9 Å². The standard InChI is InChI=1S/C17H17NO8/c1-9(19)10-4-13-14(26-8-25-13)5-12(10)18-7-24-6-11(16(20)22-2)15(18)17(21)23-3/h4-5H,6-8H2,1-3H3. The van der Waals surface area contributed by atoms with E-state index in [0.29, 0.717) is 17.2 Å². The van der Waals surface area contributed by atoms with Crippen molar-refractivity contribution >= 4 is 23.4 Å². The molecule has 0 aromatic heterocycles. The highest BCUT2D eigenvalue weighted by atomic mass is 16.7. The summed E-state index contributed by atoms with van der Waals surface area (Å²) in [5.74, 6) is -0.887. The molecule has 9 nitrogen and oxygen atoms in total. The van der Waals surface area contributed by atoms with Crippen molar-refractivity contribution in [1.29, 1.82) is 0 Å². The molecule has 0 fully saturated rings. The minimum absolute atomic E-state index is 0.00207. The normalized spacial score (nSPS) is 15.7. The Morgan fingerprint density at radius 3 is 2.31 bits per heavy atom. The molecule has 0 aliphatic carbocycles. The van der Waals surface area contributed by atoms with E-state index in [1.807, 2.05) is 0 Å². The summed E-state index contributed by atoms with van der Waals surface area (Å²) in [6.07, 6.45) is 0. The van der Waals surface area contributed by atoms with Gasteiger partial charge in [0.25, 0.3) is 0 Å². The molecule has 0 radical (unpaired) electrons. The van der Waals surface area contributed by atoms with Crippen molar-refractivity contribution in [2.24, 2.45) is 0 Å². The van der Waals surface area contributed by atoms with E-state index < -0.39 is 11.9 Å². The first-order valence-electron chi connectivity index (χ1n) is 7.67. The van der Waals surface area contributed by atoms with Gasteiger partial charge in [0.05, 0.1) is 32.1 Å². The lowest BCUT2D eigenvalue weighted by atomic mass is 10.0. The number of benzene rings is 1. The molecular formula is C17H17NO8. The summed E-state index contributed by atoms with van der Waals surface area (Å²) in [4.78, 5) is 38.0. The third-order valence-electron chi connectivity index (χ3n) is 3.99. The zero-order valence-corrected chi connectivity index (χ0v) is 14.5. The molecule has 2 heterocycles. The van der Waals surface area contributed by atoms with Gasteiger partial charge in [-0.1, -0.05) is 0 Å². The number of fused-ring (bicyclic) bond motifs is 1. The lowest BCUT2D eigenvalue weighted by molar-refractivity contribution is -0.140. The predicted molar refractivity (Wildman–Crippen MR) is 86.9 cm³/mol. The molecule has 0 saturated heterocycles. The first-order valence-corrected chi connectivity index (χ1v) is 7.67. The lowest BCUT2D eigenvalue weighted by Crippen LogP contribution is -2.39. The highest BCUT2D eigenvalue weighted by Gasteiger charge is 2.34. The molecule has 2 aliphatic rings. The van der Waals surface area contributed by atoms with E-state index in [2.05, 4.69) is 0 Å². The van der Waals surface area contributed by atoms with Crippen molar-refractivity contribution in [1.82, 2.24) is 0 Å². The van der Waals surface area contributed by atoms with E-state index in [1.165, 1.54) is 32.1 Å². The van der Waals surface area contributed by atoms with Crippen molar-refractivity contribution in [3.63, 3.8) is 0 Å². The summed E-state index contributed by atoms with van der Waals surface area (Å²) in [5.41, 5.74) is 0.568. The Morgan fingerprint density at radius 1 is 1.04 bits per heavy atom. The number of Topliss-reactive ketones (excluding diaryl/α,β-unsaturated/α-hetero) is 1. The molecule has 0 bridgehead atoms. The van der Waals surface area contributed by atoms with E-state index in [-0.39, 0.29) is 42.7 Å². The van der Waals surface area contributed by atoms with Gasteiger partial charge in [-0.3, -0.25) is 4.79 Å². The molecule has 0 atom stereocenters. The SMILES string of the molecule is COC(=O)C1=C(C(=O)OC)N(c2cc3c(cc2C(C)=O)OCO3)COC1. The lowest BCUT2D eigenvalue weighted by Gasteiger charge is -2.32. The smallest absolute Gasteiger partial charge is 0.355 e. The summed E-state index contributed by atoms with van der Waals surface area (Å²) >= 11 is 0. The van der Waals surface area contributed by atoms with Crippen LogP contribution in [-0.4, -0.2) is 52.1 Å². The van der Waals surface area contributed by atoms with Crippen LogP contribution in [0.4, 0.5) is 5.69 Å². The van der Waals surface area contributed by atoms with Crippen LogP contribution in [0.25, 0.3) is 0 Å². The minimum atomic E-state index is -0.749. The summed E-state index contributed by atoms with van der Waals surface area (Å²) in [6, 6.07) is 3.09. The molecule has 0 amide bonds. The van der Waals surface area contributed by atoms with Gasteiger partial charge in [0.2, 0.25) is 6.79 Å². The van der Waals surface area contributed by atoms with Crippen molar-refractivity contribution in [3.05, 3.63) is 29.0 Å². The van der Waals surface area contributed by atoms with Crippen LogP contribution >= 0.6 is 0 Å². The third-order valence-corrected chi connectivity index (χ3v) is 3.99. The Morgan fingerprint density at radius 2 is 1.69 bits per heavy atom. The molecule has 0 unspecified atom stereocenters. The van der Waals surface area contributed by atoms with E-state index >= 15 is 0 Å². The number of carbonyl (C=O) groups excluding carboxylic acids is 3. The fourth-order valence-electron chi connectivity index (χ4n) is 2.77. The topological polar surface area (TPSA) is 101 Å². The van der Waals surface area contributed by atoms with E-state index in [9.17, 15) is 14.4 Å². The molecule has 0 saturated carbocycles. The zero-order valence-electron chi connectivity index (χ0n) is 14.5. The number of hydrogen-bond donors (Lipinski definition) is 0. The molecule has 0 N–H and O–H groups in total. The van der Waals surface area contributed by atoms with E-state index in [4.69, 9.17) is 23.7 Å². The molecule has 2 aliphatic heterocycles. The molecule has 138 valence electrons. The van der Waals surface area contributed by atoms with Crippen LogP contribution in [0.1, 0.15) is 17.3 Å². The number of ketones is 1. The van der Waals surface area contributed by atoms with Crippen LogP contribution in [0.2, 0.25) is 0 Å². The summed E-state index contributed by atoms with van der Waals surface area (Å²) in [6.45, 7) is 1.23. The highest BCUT2D eigenvalue weighted by Crippen LogP contribution is 2.40. The van der Waals surface area contributed by atoms with Crippen LogP contribution in [0.15, 0.2) is 23.4 Å². The monoisotopic (exact) mass is 363 g/mol. The van der Waals surface area contributed by atoms with Crippen LogP contribution in [-0.2, 0) is 23.8 Å². The van der Waals surface area contributed by atoms with Crippen LogP contribution in [0.5, 0.6) is 11.5 Å². The van der Waals surface area contributed by atoms with Gasteiger partial charge in [0.15, 0.2) is 17.3 Å². The Bertz CT molecular complexity index is 813. The highest BCUT2D eigenvalue weighted by molar-refractivity contribution is 6.06. The summed E-state index contributed by atoms with van der Waals surface area (Å²) < 4.78 is 25.6. The quantitative estimate of drug-likeness (QED) is 0.573. The van der Waals surface area contributed by atoms with Crippen molar-refractivity contribution < 1.29 is 38.1 Å². The number of rotatable bonds is 4. The van der Waals surface area contributed by atoms with E-state index in [1.54, 1.807) is 6.07 Å². The number of carbonyl (C=O) groups is 3. The molecule has 3 rings (SSSR count). The Hall–Kier alpha value is -3.07. The van der Waals surface area contributed by atoms with Gasteiger partial charge < -0.3 is 28.6 Å². The second kappa shape index (κ2) is 7.04. The maximum absolute atomic E-state index is 12.4. The maximum atomic E-state index is 12.4. The second-order valence-electron chi connectivity index (χ2n) is 5.49. The van der Waals surface area contributed by atoms with Gasteiger partial charge in [-0.05, 0) is 13.0 Å². The molecular weight excluding hydrogens is 346 g/mol. The number of ether oxygens (including phenoxy) is 5. The van der Waals surface area contributed by atoms with Crippen molar-refractivity contribution in [2.45, 2.75) is 6.92 Å². The number of hydrogen-bond acceptors (Lipinski definition) is 9. The number of esters is 2. The summed E-state index contributed by atoms with van der Waals surface area (Å²) in [7, 11) is 2.40. The van der Waals surface area contributed by atoms with Gasteiger partial charge in [-0.15, -0.1) is 0 Å². The van der Waals surface area contributed by atoms with Crippen LogP contribution < -0.4 is 14.4 Å². The minimum Gasteiger partial charge on any atom is -0.466 e. The first kappa shape index (κ1) is 17.7. The molecule has 9 heteroatoms. The second-order valence-corrected chi connectivity index (χ2v) is 5.49. The molecule has 1 aromatic carbocycles. The van der Waals surface area contributed by atoms with Crippen LogP contribution in [0, 0.1) is 0 Å². The number of nitrogens with zero attached hydrogens (tertiary/aromatic N) is 1. The molecule has 0 spiro atoms. The first-order chi connectivity index (χ1) is 12.5.